The average molecular weight is 405 g/mol. The van der Waals surface area contributed by atoms with Crippen LogP contribution < -0.4 is 0 Å². The summed E-state index contributed by atoms with van der Waals surface area (Å²) >= 11 is 3.26. The number of rotatable bonds is 5. The number of ether oxygens (including phenoxy) is 2. The van der Waals surface area contributed by atoms with Crippen LogP contribution in [0.2, 0.25) is 0 Å². The molecular weight excluding hydrogens is 388 g/mol. The summed E-state index contributed by atoms with van der Waals surface area (Å²) in [6.45, 7) is -0.635. The van der Waals surface area contributed by atoms with Crippen molar-refractivity contribution in [2.24, 2.45) is 0 Å². The number of aliphatic carboxylic acids is 1. The number of aliphatic hydroxyl groups is 4. The summed E-state index contributed by atoms with van der Waals surface area (Å²) in [6.07, 6.45) is -6.40. The third kappa shape index (κ3) is 4.32. The summed E-state index contributed by atoms with van der Waals surface area (Å²) in [4.78, 5) is 11.3. The van der Waals surface area contributed by atoms with Gasteiger partial charge in [-0.15, -0.1) is 0 Å². The summed E-state index contributed by atoms with van der Waals surface area (Å²) in [7, 11) is 0. The van der Waals surface area contributed by atoms with Crippen LogP contribution in [0.3, 0.4) is 0 Å². The van der Waals surface area contributed by atoms with Crippen LogP contribution in [-0.2, 0) is 14.3 Å². The van der Waals surface area contributed by atoms with E-state index in [0.29, 0.717) is 5.56 Å². The van der Waals surface area contributed by atoms with Crippen LogP contribution in [0, 0.1) is 0 Å². The molecule has 1 aromatic rings. The molecule has 1 heterocycles. The minimum atomic E-state index is -1.68. The first-order valence-corrected chi connectivity index (χ1v) is 7.80. The zero-order chi connectivity index (χ0) is 17.9. The Morgan fingerprint density at radius 2 is 1.79 bits per heavy atom. The fourth-order valence-electron chi connectivity index (χ4n) is 2.15. The number of carbonyl (C=O) groups is 1. The highest BCUT2D eigenvalue weighted by molar-refractivity contribution is 9.10. The molecule has 132 valence electrons. The molecule has 5 atom stereocenters. The fraction of sp³-hybridized carbons (Fsp3) is 0.400. The van der Waals surface area contributed by atoms with Gasteiger partial charge in [0, 0.05) is 4.47 Å². The molecule has 8 nitrogen and oxygen atoms in total. The molecule has 1 aliphatic heterocycles. The number of hydrogen-bond acceptors (Lipinski definition) is 7. The Bertz CT molecular complexity index is 600. The van der Waals surface area contributed by atoms with Gasteiger partial charge in [0.1, 0.15) is 24.4 Å². The third-order valence-corrected chi connectivity index (χ3v) is 4.00. The second kappa shape index (κ2) is 8.06. The number of halogens is 1. The maximum Gasteiger partial charge on any atom is 0.371 e. The summed E-state index contributed by atoms with van der Waals surface area (Å²) in [5.41, 5.74) is 0.528. The van der Waals surface area contributed by atoms with Gasteiger partial charge in [-0.25, -0.2) is 4.79 Å². The molecule has 0 aliphatic carbocycles. The van der Waals surface area contributed by atoms with Crippen molar-refractivity contribution in [3.05, 3.63) is 40.1 Å². The van der Waals surface area contributed by atoms with E-state index in [2.05, 4.69) is 15.9 Å². The molecule has 9 heteroatoms. The summed E-state index contributed by atoms with van der Waals surface area (Å²) in [5, 5.41) is 47.6. The van der Waals surface area contributed by atoms with Crippen molar-refractivity contribution < 1.29 is 39.8 Å². The predicted molar refractivity (Wildman–Crippen MR) is 84.6 cm³/mol. The van der Waals surface area contributed by atoms with Gasteiger partial charge in [0.15, 0.2) is 0 Å². The zero-order valence-electron chi connectivity index (χ0n) is 12.3. The van der Waals surface area contributed by atoms with Crippen LogP contribution in [0.15, 0.2) is 34.5 Å². The van der Waals surface area contributed by atoms with Crippen molar-refractivity contribution in [3.63, 3.8) is 0 Å². The molecule has 2 rings (SSSR count). The van der Waals surface area contributed by atoms with Gasteiger partial charge in [0.05, 0.1) is 6.61 Å². The van der Waals surface area contributed by atoms with Crippen LogP contribution in [0.1, 0.15) is 5.56 Å². The molecule has 0 amide bonds. The van der Waals surface area contributed by atoms with E-state index in [1.807, 2.05) is 0 Å². The molecule has 0 unspecified atom stereocenters. The average Bonchev–Trinajstić information content (AvgIpc) is 2.56. The lowest BCUT2D eigenvalue weighted by molar-refractivity contribution is -0.291. The van der Waals surface area contributed by atoms with Gasteiger partial charge < -0.3 is 35.0 Å². The van der Waals surface area contributed by atoms with Gasteiger partial charge in [-0.1, -0.05) is 28.1 Å². The Morgan fingerprint density at radius 1 is 1.17 bits per heavy atom. The van der Waals surface area contributed by atoms with Gasteiger partial charge >= 0.3 is 5.97 Å². The second-order valence-electron chi connectivity index (χ2n) is 5.18. The summed E-state index contributed by atoms with van der Waals surface area (Å²) in [5.74, 6) is -1.93. The first kappa shape index (κ1) is 18.8. The van der Waals surface area contributed by atoms with Crippen molar-refractivity contribution in [1.82, 2.24) is 0 Å². The SMILES string of the molecule is O=C(O)/C(=C\c1ccc(Br)cc1)O[C@H]1O[C@@H](CO)[C@@H](O)[C@H](O)[C@H]1O. The van der Waals surface area contributed by atoms with Crippen LogP contribution in [0.25, 0.3) is 6.08 Å². The quantitative estimate of drug-likeness (QED) is 0.333. The molecule has 0 spiro atoms. The molecule has 24 heavy (non-hydrogen) atoms. The Kier molecular flexibility index (Phi) is 6.33. The smallest absolute Gasteiger partial charge is 0.371 e. The van der Waals surface area contributed by atoms with Gasteiger partial charge in [0.2, 0.25) is 12.0 Å². The maximum absolute atomic E-state index is 11.3. The first-order valence-electron chi connectivity index (χ1n) is 7.01. The van der Waals surface area contributed by atoms with E-state index in [0.717, 1.165) is 4.47 Å². The second-order valence-corrected chi connectivity index (χ2v) is 6.10. The van der Waals surface area contributed by atoms with E-state index < -0.39 is 49.0 Å². The van der Waals surface area contributed by atoms with Gasteiger partial charge in [-0.3, -0.25) is 0 Å². The minimum Gasteiger partial charge on any atom is -0.475 e. The predicted octanol–water partition coefficient (Wildman–Crippen LogP) is -0.309. The molecule has 0 radical (unpaired) electrons. The van der Waals surface area contributed by atoms with Gasteiger partial charge in [-0.05, 0) is 23.8 Å². The van der Waals surface area contributed by atoms with Crippen molar-refractivity contribution in [1.29, 1.82) is 0 Å². The molecular formula is C15H17BrO8. The summed E-state index contributed by atoms with van der Waals surface area (Å²) < 4.78 is 11.1. The fourth-order valence-corrected chi connectivity index (χ4v) is 2.41. The van der Waals surface area contributed by atoms with Crippen molar-refractivity contribution >= 4 is 28.0 Å². The molecule has 5 N–H and O–H groups in total. The van der Waals surface area contributed by atoms with Crippen LogP contribution in [-0.4, -0.2) is 68.8 Å². The van der Waals surface area contributed by atoms with Crippen molar-refractivity contribution in [2.45, 2.75) is 30.7 Å². The highest BCUT2D eigenvalue weighted by atomic mass is 79.9. The highest BCUT2D eigenvalue weighted by Crippen LogP contribution is 2.24. The molecule has 1 aliphatic rings. The largest absolute Gasteiger partial charge is 0.475 e. The van der Waals surface area contributed by atoms with Crippen LogP contribution >= 0.6 is 15.9 Å². The maximum atomic E-state index is 11.3. The first-order chi connectivity index (χ1) is 11.3. The monoisotopic (exact) mass is 404 g/mol. The van der Waals surface area contributed by atoms with E-state index >= 15 is 0 Å². The molecule has 1 aromatic carbocycles. The number of aliphatic hydroxyl groups excluding tert-OH is 4. The normalized spacial score (nSPS) is 30.9. The van der Waals surface area contributed by atoms with Crippen LogP contribution in [0.5, 0.6) is 0 Å². The zero-order valence-corrected chi connectivity index (χ0v) is 13.9. The topological polar surface area (TPSA) is 137 Å². The molecule has 0 bridgehead atoms. The molecule has 0 saturated carbocycles. The molecule has 0 aromatic heterocycles. The molecule has 1 fully saturated rings. The Balaban J connectivity index is 2.20. The number of carboxylic acids is 1. The minimum absolute atomic E-state index is 0.526. The van der Waals surface area contributed by atoms with E-state index in [-0.39, 0.29) is 0 Å². The van der Waals surface area contributed by atoms with Crippen LogP contribution in [0.4, 0.5) is 0 Å². The van der Waals surface area contributed by atoms with Gasteiger partial charge in [-0.2, -0.15) is 0 Å². The van der Waals surface area contributed by atoms with Crippen molar-refractivity contribution in [3.8, 4) is 0 Å². The van der Waals surface area contributed by atoms with E-state index in [1.165, 1.54) is 6.08 Å². The number of benzene rings is 1. The highest BCUT2D eigenvalue weighted by Gasteiger charge is 2.45. The number of carboxylic acid groups (broad SMARTS) is 1. The molecule has 1 saturated heterocycles. The van der Waals surface area contributed by atoms with E-state index in [9.17, 15) is 25.2 Å². The Hall–Kier alpha value is -1.49. The Morgan fingerprint density at radius 3 is 2.33 bits per heavy atom. The lowest BCUT2D eigenvalue weighted by atomic mass is 9.99. The third-order valence-electron chi connectivity index (χ3n) is 3.47. The van der Waals surface area contributed by atoms with E-state index in [1.54, 1.807) is 24.3 Å². The van der Waals surface area contributed by atoms with Gasteiger partial charge in [0.25, 0.3) is 0 Å². The standard InChI is InChI=1S/C15H17BrO8/c16-8-3-1-7(2-4-8)5-9(14(21)22)23-15-13(20)12(19)11(18)10(6-17)24-15/h1-5,10-13,15,17-20H,6H2,(H,21,22)/b9-5+/t10-,11+,12-,13+,15-/m0/s1. The van der Waals surface area contributed by atoms with Crippen molar-refractivity contribution in [2.75, 3.05) is 6.61 Å². The summed E-state index contributed by atoms with van der Waals surface area (Å²) in [6, 6.07) is 6.70. The number of hydrogen-bond donors (Lipinski definition) is 5. The lowest BCUT2D eigenvalue weighted by Gasteiger charge is -2.39. The lowest BCUT2D eigenvalue weighted by Crippen LogP contribution is -2.59. The van der Waals surface area contributed by atoms with E-state index in [4.69, 9.17) is 14.6 Å². The Labute approximate surface area is 145 Å².